The molecule has 2 aromatic rings. The van der Waals surface area contributed by atoms with Crippen molar-refractivity contribution in [1.29, 1.82) is 0 Å². The van der Waals surface area contributed by atoms with E-state index in [0.29, 0.717) is 11.4 Å². The number of hydrogen-bond donors (Lipinski definition) is 3. The van der Waals surface area contributed by atoms with E-state index in [4.69, 9.17) is 10.9 Å². The Balaban J connectivity index is 1.92. The van der Waals surface area contributed by atoms with Crippen molar-refractivity contribution in [3.05, 3.63) is 40.1 Å². The molecule has 5 nitrogen and oxygen atoms in total. The second-order valence-electron chi connectivity index (χ2n) is 5.22. The van der Waals surface area contributed by atoms with E-state index in [-0.39, 0.29) is 10.9 Å². The first-order valence-corrected chi connectivity index (χ1v) is 9.12. The van der Waals surface area contributed by atoms with Gasteiger partial charge in [-0.25, -0.2) is 13.6 Å². The minimum absolute atomic E-state index is 0.0337. The first-order valence-electron chi connectivity index (χ1n) is 6.69. The summed E-state index contributed by atoms with van der Waals surface area (Å²) in [6.07, 6.45) is 3.25. The molecular weight excluding hydrogens is 306 g/mol. The number of hydrogen-bond acceptors (Lipinski definition) is 5. The Hall–Kier alpha value is -1.57. The van der Waals surface area contributed by atoms with Gasteiger partial charge in [-0.05, 0) is 54.5 Å². The lowest BCUT2D eigenvalue weighted by Gasteiger charge is -2.25. The highest BCUT2D eigenvalue weighted by atomic mass is 32.2. The van der Waals surface area contributed by atoms with E-state index in [2.05, 4.69) is 16.8 Å². The molecule has 21 heavy (non-hydrogen) atoms. The maximum absolute atomic E-state index is 11.5. The van der Waals surface area contributed by atoms with Gasteiger partial charge >= 0.3 is 0 Å². The number of primary sulfonamides is 1. The summed E-state index contributed by atoms with van der Waals surface area (Å²) in [5.41, 5.74) is 8.14. The van der Waals surface area contributed by atoms with Gasteiger partial charge in [0, 0.05) is 16.3 Å². The molecule has 1 unspecified atom stereocenters. The second kappa shape index (κ2) is 5.32. The maximum Gasteiger partial charge on any atom is 0.238 e. The molecule has 0 radical (unpaired) electrons. The van der Waals surface area contributed by atoms with Crippen LogP contribution in [0.5, 0.6) is 0 Å². The summed E-state index contributed by atoms with van der Waals surface area (Å²) in [6.45, 7) is 0. The lowest BCUT2D eigenvalue weighted by molar-refractivity contribution is 0.597. The Morgan fingerprint density at radius 1 is 1.29 bits per heavy atom. The molecule has 112 valence electrons. The van der Waals surface area contributed by atoms with Gasteiger partial charge in [-0.3, -0.25) is 0 Å². The van der Waals surface area contributed by atoms with E-state index >= 15 is 0 Å². The average molecular weight is 323 g/mol. The molecule has 1 aliphatic carbocycles. The van der Waals surface area contributed by atoms with Crippen LogP contribution in [-0.2, 0) is 16.4 Å². The fourth-order valence-electron chi connectivity index (χ4n) is 2.71. The van der Waals surface area contributed by atoms with E-state index in [1.165, 1.54) is 22.6 Å². The number of aryl methyl sites for hydroxylation is 1. The van der Waals surface area contributed by atoms with Gasteiger partial charge in [-0.1, -0.05) is 0 Å². The topological polar surface area (TPSA) is 98.2 Å². The molecule has 0 spiro atoms. The van der Waals surface area contributed by atoms with Crippen molar-refractivity contribution < 1.29 is 8.42 Å². The zero-order valence-corrected chi connectivity index (χ0v) is 13.0. The molecule has 7 heteroatoms. The Kier molecular flexibility index (Phi) is 3.64. The smallest absolute Gasteiger partial charge is 0.238 e. The van der Waals surface area contributed by atoms with Gasteiger partial charge < -0.3 is 11.1 Å². The number of nitrogens with two attached hydrogens (primary N) is 2. The number of fused-ring (bicyclic) bond motifs is 1. The van der Waals surface area contributed by atoms with Gasteiger partial charge in [0.1, 0.15) is 0 Å². The number of rotatable bonds is 3. The average Bonchev–Trinajstić information content (AvgIpc) is 2.86. The lowest BCUT2D eigenvalue weighted by atomic mass is 9.94. The molecule has 1 aromatic carbocycles. The Morgan fingerprint density at radius 3 is 2.86 bits per heavy atom. The van der Waals surface area contributed by atoms with Crippen LogP contribution in [0.4, 0.5) is 11.4 Å². The van der Waals surface area contributed by atoms with Gasteiger partial charge in [0.25, 0.3) is 0 Å². The van der Waals surface area contributed by atoms with E-state index in [1.807, 2.05) is 0 Å². The molecule has 0 aliphatic heterocycles. The molecule has 0 bridgehead atoms. The first kappa shape index (κ1) is 14.4. The Morgan fingerprint density at radius 2 is 2.10 bits per heavy atom. The molecule has 1 atom stereocenters. The van der Waals surface area contributed by atoms with Crippen LogP contribution in [0.15, 0.2) is 34.5 Å². The van der Waals surface area contributed by atoms with Crippen molar-refractivity contribution in [2.45, 2.75) is 30.2 Å². The van der Waals surface area contributed by atoms with Crippen LogP contribution in [-0.4, -0.2) is 8.42 Å². The highest BCUT2D eigenvalue weighted by Crippen LogP contribution is 2.36. The van der Waals surface area contributed by atoms with Crippen molar-refractivity contribution in [3.63, 3.8) is 0 Å². The Labute approximate surface area is 128 Å². The van der Waals surface area contributed by atoms with Crippen LogP contribution < -0.4 is 16.2 Å². The highest BCUT2D eigenvalue weighted by molar-refractivity contribution is 7.89. The molecule has 1 aliphatic rings. The van der Waals surface area contributed by atoms with Crippen LogP contribution in [0.2, 0.25) is 0 Å². The summed E-state index contributed by atoms with van der Waals surface area (Å²) in [5, 5.41) is 10.7. The number of nitrogens with one attached hydrogen (secondary N) is 1. The summed E-state index contributed by atoms with van der Waals surface area (Å²) in [4.78, 5) is 1.43. The van der Waals surface area contributed by atoms with E-state index < -0.39 is 10.0 Å². The SMILES string of the molecule is Nc1cc(NC2CCCc3sccc32)cc(S(N)(=O)=O)c1. The minimum atomic E-state index is -3.76. The molecule has 0 fully saturated rings. The fourth-order valence-corrected chi connectivity index (χ4v) is 4.29. The van der Waals surface area contributed by atoms with Crippen LogP contribution >= 0.6 is 11.3 Å². The van der Waals surface area contributed by atoms with Gasteiger partial charge in [0.2, 0.25) is 10.0 Å². The van der Waals surface area contributed by atoms with E-state index in [0.717, 1.165) is 19.3 Å². The Bertz CT molecular complexity index is 768. The maximum atomic E-state index is 11.5. The van der Waals surface area contributed by atoms with E-state index in [1.54, 1.807) is 17.4 Å². The van der Waals surface area contributed by atoms with Crippen molar-refractivity contribution in [2.75, 3.05) is 11.1 Å². The third kappa shape index (κ3) is 3.04. The third-order valence-corrected chi connectivity index (χ3v) is 5.54. The summed E-state index contributed by atoms with van der Waals surface area (Å²) < 4.78 is 23.0. The molecule has 5 N–H and O–H groups in total. The predicted molar refractivity (Wildman–Crippen MR) is 85.8 cm³/mol. The second-order valence-corrected chi connectivity index (χ2v) is 7.79. The van der Waals surface area contributed by atoms with Gasteiger partial charge in [-0.2, -0.15) is 0 Å². The summed E-state index contributed by atoms with van der Waals surface area (Å²) in [7, 11) is -3.76. The number of nitrogen functional groups attached to an aromatic ring is 1. The van der Waals surface area contributed by atoms with Gasteiger partial charge in [0.15, 0.2) is 0 Å². The monoisotopic (exact) mass is 323 g/mol. The molecule has 0 saturated carbocycles. The van der Waals surface area contributed by atoms with Crippen molar-refractivity contribution in [3.8, 4) is 0 Å². The van der Waals surface area contributed by atoms with Crippen LogP contribution in [0.3, 0.4) is 0 Å². The van der Waals surface area contributed by atoms with Crippen LogP contribution in [0, 0.1) is 0 Å². The number of anilines is 2. The number of thiophene rings is 1. The van der Waals surface area contributed by atoms with Crippen LogP contribution in [0.25, 0.3) is 0 Å². The van der Waals surface area contributed by atoms with Crippen molar-refractivity contribution >= 4 is 32.7 Å². The number of benzene rings is 1. The standard InChI is InChI=1S/C14H17N3O2S2/c15-9-6-10(8-11(7-9)21(16,18)19)17-13-2-1-3-14-12(13)4-5-20-14/h4-8,13,17H,1-3,15H2,(H2,16,18,19). The normalized spacial score (nSPS) is 18.2. The largest absolute Gasteiger partial charge is 0.399 e. The van der Waals surface area contributed by atoms with Crippen molar-refractivity contribution in [2.24, 2.45) is 5.14 Å². The zero-order chi connectivity index (χ0) is 15.0. The molecule has 0 saturated heterocycles. The summed E-state index contributed by atoms with van der Waals surface area (Å²) in [5.74, 6) is 0. The molecule has 1 aromatic heterocycles. The molecule has 0 amide bonds. The van der Waals surface area contributed by atoms with Gasteiger partial charge in [0.05, 0.1) is 10.9 Å². The summed E-state index contributed by atoms with van der Waals surface area (Å²) in [6, 6.07) is 6.96. The number of sulfonamides is 1. The fraction of sp³-hybridized carbons (Fsp3) is 0.286. The summed E-state index contributed by atoms with van der Waals surface area (Å²) >= 11 is 1.77. The lowest BCUT2D eigenvalue weighted by Crippen LogP contribution is -2.17. The molecule has 3 rings (SSSR count). The molecular formula is C14H17N3O2S2. The predicted octanol–water partition coefficient (Wildman–Crippen LogP) is 2.47. The van der Waals surface area contributed by atoms with Crippen LogP contribution in [0.1, 0.15) is 29.3 Å². The quantitative estimate of drug-likeness (QED) is 0.756. The van der Waals surface area contributed by atoms with Gasteiger partial charge in [-0.15, -0.1) is 11.3 Å². The highest BCUT2D eigenvalue weighted by Gasteiger charge is 2.21. The minimum Gasteiger partial charge on any atom is -0.399 e. The first-order chi connectivity index (χ1) is 9.93. The zero-order valence-electron chi connectivity index (χ0n) is 11.4. The third-order valence-electron chi connectivity index (χ3n) is 3.65. The van der Waals surface area contributed by atoms with Crippen molar-refractivity contribution in [1.82, 2.24) is 0 Å². The van der Waals surface area contributed by atoms with E-state index in [9.17, 15) is 8.42 Å². The molecule has 1 heterocycles.